The Kier molecular flexibility index (Phi) is 4.66. The zero-order chi connectivity index (χ0) is 15.5. The van der Waals surface area contributed by atoms with Gasteiger partial charge in [0.2, 0.25) is 10.0 Å². The maximum absolute atomic E-state index is 13.9. The van der Waals surface area contributed by atoms with Crippen molar-refractivity contribution in [3.8, 4) is 0 Å². The first-order valence-electron chi connectivity index (χ1n) is 6.73. The van der Waals surface area contributed by atoms with E-state index in [1.807, 2.05) is 0 Å². The van der Waals surface area contributed by atoms with E-state index in [0.717, 1.165) is 25.3 Å². The number of anilines is 1. The van der Waals surface area contributed by atoms with Gasteiger partial charge in [-0.3, -0.25) is 4.72 Å². The number of halogens is 1. The van der Waals surface area contributed by atoms with Crippen LogP contribution in [0.25, 0.3) is 0 Å². The molecule has 1 aromatic rings. The van der Waals surface area contributed by atoms with Crippen molar-refractivity contribution < 1.29 is 18.0 Å². The standard InChI is InChI=1S/C13H18FN3O3S/c14-11-8-9(13(15)16-18)6-7-12(11)17-21(19,20)10-4-2-1-3-5-10/h6-8,10,17-18H,1-5H2,(H2,15,16). The van der Waals surface area contributed by atoms with Crippen LogP contribution in [0.1, 0.15) is 37.7 Å². The number of hydrogen-bond acceptors (Lipinski definition) is 4. The monoisotopic (exact) mass is 315 g/mol. The van der Waals surface area contributed by atoms with Crippen LogP contribution in [0.15, 0.2) is 23.4 Å². The van der Waals surface area contributed by atoms with Crippen LogP contribution in [-0.2, 0) is 10.0 Å². The summed E-state index contributed by atoms with van der Waals surface area (Å²) in [5.41, 5.74) is 5.40. The first-order chi connectivity index (χ1) is 9.94. The van der Waals surface area contributed by atoms with E-state index >= 15 is 0 Å². The molecule has 0 radical (unpaired) electrons. The lowest BCUT2D eigenvalue weighted by Gasteiger charge is -2.22. The van der Waals surface area contributed by atoms with Gasteiger partial charge in [-0.1, -0.05) is 24.4 Å². The Labute approximate surface area is 122 Å². The molecule has 8 heteroatoms. The summed E-state index contributed by atoms with van der Waals surface area (Å²) in [7, 11) is -3.60. The van der Waals surface area contributed by atoms with E-state index in [1.165, 1.54) is 12.1 Å². The van der Waals surface area contributed by atoms with Crippen LogP contribution in [0.2, 0.25) is 0 Å². The third-order valence-electron chi connectivity index (χ3n) is 3.62. The Bertz CT molecular complexity index is 640. The van der Waals surface area contributed by atoms with Crippen molar-refractivity contribution in [1.29, 1.82) is 0 Å². The van der Waals surface area contributed by atoms with E-state index in [9.17, 15) is 12.8 Å². The molecule has 0 atom stereocenters. The molecule has 0 bridgehead atoms. The highest BCUT2D eigenvalue weighted by Crippen LogP contribution is 2.26. The van der Waals surface area contributed by atoms with Crippen molar-refractivity contribution in [2.45, 2.75) is 37.4 Å². The number of benzene rings is 1. The van der Waals surface area contributed by atoms with Crippen LogP contribution in [0.5, 0.6) is 0 Å². The fraction of sp³-hybridized carbons (Fsp3) is 0.462. The highest BCUT2D eigenvalue weighted by Gasteiger charge is 2.27. The highest BCUT2D eigenvalue weighted by atomic mass is 32.2. The molecule has 0 aromatic heterocycles. The van der Waals surface area contributed by atoms with Gasteiger partial charge in [-0.15, -0.1) is 0 Å². The molecule has 0 unspecified atom stereocenters. The first-order valence-corrected chi connectivity index (χ1v) is 8.28. The van der Waals surface area contributed by atoms with E-state index in [2.05, 4.69) is 9.88 Å². The lowest BCUT2D eigenvalue weighted by Crippen LogP contribution is -2.30. The van der Waals surface area contributed by atoms with Crippen molar-refractivity contribution in [2.75, 3.05) is 4.72 Å². The van der Waals surface area contributed by atoms with Gasteiger partial charge in [0.25, 0.3) is 0 Å². The van der Waals surface area contributed by atoms with Gasteiger partial charge in [-0.2, -0.15) is 0 Å². The highest BCUT2D eigenvalue weighted by molar-refractivity contribution is 7.93. The lowest BCUT2D eigenvalue weighted by molar-refractivity contribution is 0.318. The van der Waals surface area contributed by atoms with Gasteiger partial charge in [-0.05, 0) is 31.0 Å². The van der Waals surface area contributed by atoms with Crippen molar-refractivity contribution >= 4 is 21.5 Å². The maximum atomic E-state index is 13.9. The Morgan fingerprint density at radius 2 is 2.00 bits per heavy atom. The summed E-state index contributed by atoms with van der Waals surface area (Å²) < 4.78 is 40.7. The fourth-order valence-electron chi connectivity index (χ4n) is 2.43. The van der Waals surface area contributed by atoms with E-state index in [4.69, 9.17) is 10.9 Å². The third-order valence-corrected chi connectivity index (χ3v) is 5.47. The number of rotatable bonds is 4. The number of oxime groups is 1. The molecule has 0 aliphatic heterocycles. The van der Waals surface area contributed by atoms with E-state index < -0.39 is 21.1 Å². The zero-order valence-electron chi connectivity index (χ0n) is 11.4. The van der Waals surface area contributed by atoms with Crippen LogP contribution >= 0.6 is 0 Å². The van der Waals surface area contributed by atoms with E-state index in [0.29, 0.717) is 12.8 Å². The first kappa shape index (κ1) is 15.6. The largest absolute Gasteiger partial charge is 0.409 e. The second-order valence-corrected chi connectivity index (χ2v) is 7.05. The molecule has 0 saturated heterocycles. The molecule has 1 aliphatic rings. The normalized spacial score (nSPS) is 17.7. The molecule has 0 heterocycles. The van der Waals surface area contributed by atoms with Gasteiger partial charge in [-0.25, -0.2) is 12.8 Å². The number of sulfonamides is 1. The van der Waals surface area contributed by atoms with Crippen molar-refractivity contribution in [1.82, 2.24) is 0 Å². The Hall–Kier alpha value is -1.83. The summed E-state index contributed by atoms with van der Waals surface area (Å²) >= 11 is 0. The molecule has 0 amide bonds. The average molecular weight is 315 g/mol. The molecule has 2 rings (SSSR count). The molecule has 6 nitrogen and oxygen atoms in total. The Balaban J connectivity index is 2.19. The molecule has 1 aromatic carbocycles. The van der Waals surface area contributed by atoms with E-state index in [1.54, 1.807) is 0 Å². The molecule has 4 N–H and O–H groups in total. The number of nitrogens with zero attached hydrogens (tertiary/aromatic N) is 1. The smallest absolute Gasteiger partial charge is 0.235 e. The summed E-state index contributed by atoms with van der Waals surface area (Å²) in [6.45, 7) is 0. The number of amidine groups is 1. The van der Waals surface area contributed by atoms with Crippen LogP contribution in [-0.4, -0.2) is 24.7 Å². The van der Waals surface area contributed by atoms with Crippen molar-refractivity contribution in [3.63, 3.8) is 0 Å². The van der Waals surface area contributed by atoms with E-state index in [-0.39, 0.29) is 17.1 Å². The third kappa shape index (κ3) is 3.63. The molecule has 116 valence electrons. The summed E-state index contributed by atoms with van der Waals surface area (Å²) in [5, 5.41) is 10.8. The topological polar surface area (TPSA) is 105 Å². The van der Waals surface area contributed by atoms with Gasteiger partial charge in [0.15, 0.2) is 5.84 Å². The molecular weight excluding hydrogens is 297 g/mol. The Morgan fingerprint density at radius 3 is 2.57 bits per heavy atom. The second-order valence-electron chi connectivity index (χ2n) is 5.09. The van der Waals surface area contributed by atoms with Gasteiger partial charge >= 0.3 is 0 Å². The van der Waals surface area contributed by atoms with Gasteiger partial charge in [0.05, 0.1) is 10.9 Å². The zero-order valence-corrected chi connectivity index (χ0v) is 12.2. The summed E-state index contributed by atoms with van der Waals surface area (Å²) in [4.78, 5) is 0. The SMILES string of the molecule is N/C(=N/O)c1ccc(NS(=O)(=O)C2CCCCC2)c(F)c1. The van der Waals surface area contributed by atoms with Gasteiger partial charge in [0.1, 0.15) is 5.82 Å². The van der Waals surface area contributed by atoms with Crippen LogP contribution in [0, 0.1) is 5.82 Å². The van der Waals surface area contributed by atoms with Crippen molar-refractivity contribution in [2.24, 2.45) is 10.9 Å². The number of hydrogen-bond donors (Lipinski definition) is 3. The summed E-state index contributed by atoms with van der Waals surface area (Å²) in [6.07, 6.45) is 3.97. The van der Waals surface area contributed by atoms with Gasteiger partial charge < -0.3 is 10.9 Å². The van der Waals surface area contributed by atoms with Crippen LogP contribution in [0.4, 0.5) is 10.1 Å². The molecule has 1 aliphatic carbocycles. The summed E-state index contributed by atoms with van der Waals surface area (Å²) in [5.74, 6) is -1.01. The number of nitrogens with one attached hydrogen (secondary N) is 1. The maximum Gasteiger partial charge on any atom is 0.235 e. The van der Waals surface area contributed by atoms with Crippen LogP contribution < -0.4 is 10.5 Å². The minimum absolute atomic E-state index is 0.130. The fourth-order valence-corrected chi connectivity index (χ4v) is 4.02. The van der Waals surface area contributed by atoms with Gasteiger partial charge in [0, 0.05) is 5.56 Å². The minimum atomic E-state index is -3.60. The molecule has 1 saturated carbocycles. The summed E-state index contributed by atoms with van der Waals surface area (Å²) in [6, 6.07) is 3.67. The quantitative estimate of drug-likeness (QED) is 0.342. The molecule has 21 heavy (non-hydrogen) atoms. The average Bonchev–Trinajstić information content (AvgIpc) is 2.49. The molecular formula is C13H18FN3O3S. The minimum Gasteiger partial charge on any atom is -0.409 e. The lowest BCUT2D eigenvalue weighted by atomic mass is 10.0. The second kappa shape index (κ2) is 6.30. The number of nitrogens with two attached hydrogens (primary N) is 1. The molecule has 1 fully saturated rings. The Morgan fingerprint density at radius 1 is 1.33 bits per heavy atom. The molecule has 0 spiro atoms. The predicted molar refractivity (Wildman–Crippen MR) is 78.3 cm³/mol. The van der Waals surface area contributed by atoms with Crippen LogP contribution in [0.3, 0.4) is 0 Å². The van der Waals surface area contributed by atoms with Crippen molar-refractivity contribution in [3.05, 3.63) is 29.6 Å². The predicted octanol–water partition coefficient (Wildman–Crippen LogP) is 1.99.